The second-order valence-corrected chi connectivity index (χ2v) is 7.15. The molecule has 0 spiro atoms. The third kappa shape index (κ3) is 3.75. The van der Waals surface area contributed by atoms with Gasteiger partial charge in [0.2, 0.25) is 0 Å². The van der Waals surface area contributed by atoms with E-state index in [-0.39, 0.29) is 6.61 Å². The molecular weight excluding hydrogens is 328 g/mol. The minimum Gasteiger partial charge on any atom is -0.493 e. The maximum atomic E-state index is 9.44. The van der Waals surface area contributed by atoms with E-state index in [1.54, 1.807) is 6.33 Å². The molecular formula is C20H26N4O2. The van der Waals surface area contributed by atoms with Crippen LogP contribution in [0.25, 0.3) is 0 Å². The summed E-state index contributed by atoms with van der Waals surface area (Å²) in [6.07, 6.45) is 4.81. The molecule has 26 heavy (non-hydrogen) atoms. The Bertz CT molecular complexity index is 739. The Morgan fingerprint density at radius 2 is 2.15 bits per heavy atom. The topological polar surface area (TPSA) is 70.5 Å². The van der Waals surface area contributed by atoms with Crippen molar-refractivity contribution >= 4 is 11.6 Å². The number of aromatic nitrogens is 2. The lowest BCUT2D eigenvalue weighted by Gasteiger charge is -2.32. The first kappa shape index (κ1) is 17.1. The molecule has 138 valence electrons. The molecule has 2 aromatic rings. The van der Waals surface area contributed by atoms with Gasteiger partial charge in [-0.25, -0.2) is 9.97 Å². The molecule has 6 nitrogen and oxygen atoms in total. The second kappa shape index (κ2) is 7.91. The molecule has 2 aliphatic heterocycles. The Hall–Kier alpha value is -2.34. The molecule has 2 aliphatic rings. The van der Waals surface area contributed by atoms with Crippen LogP contribution in [-0.2, 0) is 0 Å². The monoisotopic (exact) mass is 354 g/mol. The fourth-order valence-electron chi connectivity index (χ4n) is 3.89. The molecule has 0 aliphatic carbocycles. The first-order valence-electron chi connectivity index (χ1n) is 9.47. The van der Waals surface area contributed by atoms with Crippen LogP contribution in [-0.4, -0.2) is 47.9 Å². The molecule has 1 saturated heterocycles. The molecule has 1 aromatic carbocycles. The van der Waals surface area contributed by atoms with Crippen LogP contribution >= 0.6 is 0 Å². The zero-order chi connectivity index (χ0) is 17.8. The SMILES string of the molecule is OCC1CCCN(c2cc(NCC3CCOc4ccccc43)ncn2)C1. The highest BCUT2D eigenvalue weighted by molar-refractivity contribution is 5.49. The van der Waals surface area contributed by atoms with E-state index >= 15 is 0 Å². The Balaban J connectivity index is 1.42. The second-order valence-electron chi connectivity index (χ2n) is 7.15. The van der Waals surface area contributed by atoms with Crippen LogP contribution in [0.15, 0.2) is 36.7 Å². The Morgan fingerprint density at radius 1 is 1.23 bits per heavy atom. The normalized spacial score (nSPS) is 22.4. The number of para-hydroxylation sites is 1. The van der Waals surface area contributed by atoms with Gasteiger partial charge in [0, 0.05) is 38.2 Å². The fourth-order valence-corrected chi connectivity index (χ4v) is 3.89. The molecule has 0 amide bonds. The van der Waals surface area contributed by atoms with Gasteiger partial charge in [0.1, 0.15) is 23.7 Å². The zero-order valence-corrected chi connectivity index (χ0v) is 15.0. The summed E-state index contributed by atoms with van der Waals surface area (Å²) in [6.45, 7) is 3.68. The molecule has 0 saturated carbocycles. The highest BCUT2D eigenvalue weighted by atomic mass is 16.5. The molecule has 2 unspecified atom stereocenters. The van der Waals surface area contributed by atoms with Crippen LogP contribution in [0.5, 0.6) is 5.75 Å². The highest BCUT2D eigenvalue weighted by Crippen LogP contribution is 2.33. The lowest BCUT2D eigenvalue weighted by Crippen LogP contribution is -2.37. The van der Waals surface area contributed by atoms with Crippen LogP contribution in [0.4, 0.5) is 11.6 Å². The number of fused-ring (bicyclic) bond motifs is 1. The fraction of sp³-hybridized carbons (Fsp3) is 0.500. The van der Waals surface area contributed by atoms with Gasteiger partial charge in [0.05, 0.1) is 6.61 Å². The number of hydrogen-bond acceptors (Lipinski definition) is 6. The molecule has 2 N–H and O–H groups in total. The van der Waals surface area contributed by atoms with Gasteiger partial charge in [-0.05, 0) is 36.8 Å². The number of nitrogens with one attached hydrogen (secondary N) is 1. The quantitative estimate of drug-likeness (QED) is 0.860. The standard InChI is InChI=1S/C20H26N4O2/c25-13-15-4-3-8-24(12-15)20-10-19(22-14-23-20)21-11-16-7-9-26-18-6-2-1-5-17(16)18/h1-2,5-6,10,14-16,25H,3-4,7-9,11-13H2,(H,21,22,23). The number of nitrogens with zero attached hydrogens (tertiary/aromatic N) is 3. The Kier molecular flexibility index (Phi) is 5.20. The maximum absolute atomic E-state index is 9.44. The lowest BCUT2D eigenvalue weighted by atomic mass is 9.93. The van der Waals surface area contributed by atoms with E-state index in [2.05, 4.69) is 32.3 Å². The van der Waals surface area contributed by atoms with Crippen molar-refractivity contribution in [2.24, 2.45) is 5.92 Å². The van der Waals surface area contributed by atoms with Crippen molar-refractivity contribution in [2.45, 2.75) is 25.2 Å². The van der Waals surface area contributed by atoms with Gasteiger partial charge >= 0.3 is 0 Å². The average Bonchev–Trinajstić information content (AvgIpc) is 2.72. The third-order valence-electron chi connectivity index (χ3n) is 5.37. The number of anilines is 2. The first-order valence-corrected chi connectivity index (χ1v) is 9.47. The largest absolute Gasteiger partial charge is 0.493 e. The number of ether oxygens (including phenoxy) is 1. The maximum Gasteiger partial charge on any atom is 0.134 e. The van der Waals surface area contributed by atoms with E-state index < -0.39 is 0 Å². The molecule has 0 radical (unpaired) electrons. The summed E-state index contributed by atoms with van der Waals surface area (Å²) in [5.41, 5.74) is 1.27. The van der Waals surface area contributed by atoms with Gasteiger partial charge in [-0.1, -0.05) is 18.2 Å². The van der Waals surface area contributed by atoms with E-state index in [0.717, 1.165) is 62.9 Å². The van der Waals surface area contributed by atoms with E-state index in [0.29, 0.717) is 11.8 Å². The number of rotatable bonds is 5. The van der Waals surface area contributed by atoms with Gasteiger partial charge in [0.25, 0.3) is 0 Å². The number of benzene rings is 1. The molecule has 4 rings (SSSR count). The summed E-state index contributed by atoms with van der Waals surface area (Å²) < 4.78 is 5.74. The number of aliphatic hydroxyl groups is 1. The number of aliphatic hydroxyl groups excluding tert-OH is 1. The summed E-state index contributed by atoms with van der Waals surface area (Å²) >= 11 is 0. The predicted molar refractivity (Wildman–Crippen MR) is 102 cm³/mol. The van der Waals surface area contributed by atoms with Crippen LogP contribution in [0, 0.1) is 5.92 Å². The summed E-state index contributed by atoms with van der Waals surface area (Å²) in [6, 6.07) is 10.3. The minimum atomic E-state index is 0.246. The highest BCUT2D eigenvalue weighted by Gasteiger charge is 2.22. The summed E-state index contributed by atoms with van der Waals surface area (Å²) in [4.78, 5) is 11.1. The number of piperidine rings is 1. The van der Waals surface area contributed by atoms with E-state index in [9.17, 15) is 5.11 Å². The summed E-state index contributed by atoms with van der Waals surface area (Å²) in [5, 5.41) is 12.9. The van der Waals surface area contributed by atoms with Crippen LogP contribution in [0.3, 0.4) is 0 Å². The zero-order valence-electron chi connectivity index (χ0n) is 15.0. The van der Waals surface area contributed by atoms with Gasteiger partial charge < -0.3 is 20.1 Å². The smallest absolute Gasteiger partial charge is 0.134 e. The van der Waals surface area contributed by atoms with Gasteiger partial charge in [-0.2, -0.15) is 0 Å². The van der Waals surface area contributed by atoms with Crippen molar-refractivity contribution in [3.8, 4) is 5.75 Å². The molecule has 0 bridgehead atoms. The molecule has 2 atom stereocenters. The van der Waals surface area contributed by atoms with Gasteiger partial charge in [-0.3, -0.25) is 0 Å². The summed E-state index contributed by atoms with van der Waals surface area (Å²) in [7, 11) is 0. The lowest BCUT2D eigenvalue weighted by molar-refractivity contribution is 0.208. The van der Waals surface area contributed by atoms with Crippen LogP contribution < -0.4 is 15.0 Å². The van der Waals surface area contributed by atoms with Gasteiger partial charge in [0.15, 0.2) is 0 Å². The third-order valence-corrected chi connectivity index (χ3v) is 5.37. The molecule has 1 fully saturated rings. The average molecular weight is 354 g/mol. The van der Waals surface area contributed by atoms with Crippen LogP contribution in [0.2, 0.25) is 0 Å². The Morgan fingerprint density at radius 3 is 3.08 bits per heavy atom. The predicted octanol–water partition coefficient (Wildman–Crippen LogP) is 2.66. The molecule has 3 heterocycles. The van der Waals surface area contributed by atoms with E-state index in [1.165, 1.54) is 5.56 Å². The molecule has 1 aromatic heterocycles. The van der Waals surface area contributed by atoms with Crippen molar-refractivity contribution < 1.29 is 9.84 Å². The van der Waals surface area contributed by atoms with Crippen molar-refractivity contribution in [1.29, 1.82) is 0 Å². The van der Waals surface area contributed by atoms with Gasteiger partial charge in [-0.15, -0.1) is 0 Å². The minimum absolute atomic E-state index is 0.246. The van der Waals surface area contributed by atoms with Crippen molar-refractivity contribution in [3.05, 3.63) is 42.2 Å². The first-order chi connectivity index (χ1) is 12.8. The summed E-state index contributed by atoms with van der Waals surface area (Å²) in [5.74, 6) is 3.55. The van der Waals surface area contributed by atoms with Crippen LogP contribution in [0.1, 0.15) is 30.7 Å². The number of hydrogen-bond donors (Lipinski definition) is 2. The van der Waals surface area contributed by atoms with Crippen molar-refractivity contribution in [3.63, 3.8) is 0 Å². The van der Waals surface area contributed by atoms with Crippen molar-refractivity contribution in [2.75, 3.05) is 43.1 Å². The van der Waals surface area contributed by atoms with Crippen molar-refractivity contribution in [1.82, 2.24) is 9.97 Å². The molecule has 6 heteroatoms. The van der Waals surface area contributed by atoms with E-state index in [4.69, 9.17) is 4.74 Å². The Labute approximate surface area is 154 Å². The van der Waals surface area contributed by atoms with E-state index in [1.807, 2.05) is 18.2 Å².